The highest BCUT2D eigenvalue weighted by Crippen LogP contribution is 2.32. The number of fused-ring (bicyclic) bond motifs is 4. The van der Waals surface area contributed by atoms with Gasteiger partial charge in [-0.15, -0.1) is 0 Å². The van der Waals surface area contributed by atoms with Crippen LogP contribution in [-0.4, -0.2) is 51.9 Å². The largest absolute Gasteiger partial charge is 0.437 e. The Kier molecular flexibility index (Phi) is 5.36. The number of pyridine rings is 1. The van der Waals surface area contributed by atoms with Crippen molar-refractivity contribution in [3.8, 4) is 11.6 Å². The lowest BCUT2D eigenvalue weighted by Crippen LogP contribution is -2.55. The maximum absolute atomic E-state index is 13.4. The highest BCUT2D eigenvalue weighted by Gasteiger charge is 2.30. The number of carbonyl (C=O) groups excluding carboxylic acids is 2. The van der Waals surface area contributed by atoms with E-state index >= 15 is 0 Å². The van der Waals surface area contributed by atoms with E-state index in [0.717, 1.165) is 22.2 Å². The predicted molar refractivity (Wildman–Crippen MR) is 139 cm³/mol. The molecule has 0 spiro atoms. The van der Waals surface area contributed by atoms with Gasteiger partial charge in [0.15, 0.2) is 5.75 Å². The molecule has 1 unspecified atom stereocenters. The molecular formula is C28H27N5O3. The Balaban J connectivity index is 1.47. The van der Waals surface area contributed by atoms with Crippen LogP contribution in [0.15, 0.2) is 67.0 Å². The zero-order chi connectivity index (χ0) is 24.8. The molecule has 8 heteroatoms. The van der Waals surface area contributed by atoms with Gasteiger partial charge in [0.05, 0.1) is 11.1 Å². The molecule has 1 saturated heterocycles. The van der Waals surface area contributed by atoms with Gasteiger partial charge >= 0.3 is 0 Å². The van der Waals surface area contributed by atoms with E-state index in [9.17, 15) is 9.59 Å². The number of amides is 2. The molecule has 0 saturated carbocycles. The third-order valence-electron chi connectivity index (χ3n) is 6.95. The summed E-state index contributed by atoms with van der Waals surface area (Å²) in [5, 5.41) is 4.00. The molecule has 1 fully saturated rings. The number of ether oxygens (including phenoxy) is 1. The van der Waals surface area contributed by atoms with Gasteiger partial charge in [-0.2, -0.15) is 0 Å². The van der Waals surface area contributed by atoms with Crippen molar-refractivity contribution in [1.29, 1.82) is 0 Å². The number of nitrogens with one attached hydrogen (secondary N) is 1. The fourth-order valence-electron chi connectivity index (χ4n) is 5.19. The molecule has 182 valence electrons. The van der Waals surface area contributed by atoms with Gasteiger partial charge in [-0.1, -0.05) is 23.8 Å². The van der Waals surface area contributed by atoms with Crippen molar-refractivity contribution in [3.05, 3.63) is 78.1 Å². The maximum atomic E-state index is 13.4. The van der Waals surface area contributed by atoms with Crippen LogP contribution in [-0.2, 0) is 11.3 Å². The van der Waals surface area contributed by atoms with Crippen LogP contribution in [0, 0.1) is 6.92 Å². The average Bonchev–Trinajstić information content (AvgIpc) is 3.27. The van der Waals surface area contributed by atoms with Crippen molar-refractivity contribution in [1.82, 2.24) is 14.5 Å². The summed E-state index contributed by atoms with van der Waals surface area (Å²) in [4.78, 5) is 35.3. The van der Waals surface area contributed by atoms with Crippen LogP contribution in [0.25, 0.3) is 10.9 Å². The van der Waals surface area contributed by atoms with E-state index in [1.807, 2.05) is 65.1 Å². The fourth-order valence-corrected chi connectivity index (χ4v) is 5.19. The second-order valence-electron chi connectivity index (χ2n) is 9.48. The van der Waals surface area contributed by atoms with Crippen LogP contribution in [0.3, 0.4) is 0 Å². The quantitative estimate of drug-likeness (QED) is 0.402. The van der Waals surface area contributed by atoms with Crippen molar-refractivity contribution in [2.45, 2.75) is 26.4 Å². The summed E-state index contributed by atoms with van der Waals surface area (Å²) in [7, 11) is 0. The Morgan fingerprint density at radius 2 is 1.94 bits per heavy atom. The van der Waals surface area contributed by atoms with Crippen molar-refractivity contribution in [2.75, 3.05) is 29.9 Å². The Morgan fingerprint density at radius 1 is 1.06 bits per heavy atom. The summed E-state index contributed by atoms with van der Waals surface area (Å²) in [5.41, 5.74) is 3.90. The summed E-state index contributed by atoms with van der Waals surface area (Å²) < 4.78 is 8.12. The third kappa shape index (κ3) is 3.94. The van der Waals surface area contributed by atoms with Gasteiger partial charge in [-0.05, 0) is 44.2 Å². The second-order valence-corrected chi connectivity index (χ2v) is 9.48. The topological polar surface area (TPSA) is 79.7 Å². The molecule has 0 radical (unpaired) electrons. The standard InChI is InChI=1S/C28H27N5O3/c1-18-6-7-23-22(14-18)28(35)30-21-8-10-29-25(15-21)36-24-5-3-4-20-9-11-32(27(20)24)17-26(34)33-13-12-31(23)16-19(33)2/h3-11,14-15,19H,12-13,16-17H2,1-2H3,(H,30,35). The SMILES string of the molecule is Cc1ccc2c(c1)C(=O)Nc1ccnc(c1)Oc1cccc3ccn(c13)CC(=O)N1CCN2CC1C. The first-order valence-electron chi connectivity index (χ1n) is 12.1. The summed E-state index contributed by atoms with van der Waals surface area (Å²) in [5.74, 6) is 0.817. The highest BCUT2D eigenvalue weighted by atomic mass is 16.5. The van der Waals surface area contributed by atoms with E-state index in [1.165, 1.54) is 0 Å². The maximum Gasteiger partial charge on any atom is 0.257 e. The number of hydrogen-bond donors (Lipinski definition) is 1. The van der Waals surface area contributed by atoms with Gasteiger partial charge in [-0.3, -0.25) is 9.59 Å². The van der Waals surface area contributed by atoms with E-state index in [2.05, 4.69) is 22.1 Å². The van der Waals surface area contributed by atoms with E-state index < -0.39 is 0 Å². The average molecular weight is 482 g/mol. The minimum atomic E-state index is -0.197. The van der Waals surface area contributed by atoms with Crippen LogP contribution in [0.4, 0.5) is 11.4 Å². The molecule has 3 aliphatic rings. The van der Waals surface area contributed by atoms with E-state index in [-0.39, 0.29) is 24.4 Å². The second kappa shape index (κ2) is 8.71. The molecular weight excluding hydrogens is 454 g/mol. The number of aromatic nitrogens is 2. The normalized spacial score (nSPS) is 18.0. The molecule has 2 amide bonds. The van der Waals surface area contributed by atoms with Crippen LogP contribution >= 0.6 is 0 Å². The zero-order valence-electron chi connectivity index (χ0n) is 20.3. The van der Waals surface area contributed by atoms with Gasteiger partial charge in [0.2, 0.25) is 11.8 Å². The molecule has 0 aliphatic carbocycles. The molecule has 2 aromatic carbocycles. The minimum absolute atomic E-state index is 0.00379. The first kappa shape index (κ1) is 22.2. The predicted octanol–water partition coefficient (Wildman–Crippen LogP) is 4.44. The Hall–Kier alpha value is -4.33. The van der Waals surface area contributed by atoms with Crippen LogP contribution in [0.1, 0.15) is 22.8 Å². The molecule has 4 bridgehead atoms. The van der Waals surface area contributed by atoms with Gasteiger partial charge in [0.1, 0.15) is 6.54 Å². The smallest absolute Gasteiger partial charge is 0.257 e. The van der Waals surface area contributed by atoms with Crippen molar-refractivity contribution in [3.63, 3.8) is 0 Å². The fraction of sp³-hybridized carbons (Fsp3) is 0.250. The summed E-state index contributed by atoms with van der Waals surface area (Å²) in [6.07, 6.45) is 3.53. The lowest BCUT2D eigenvalue weighted by atomic mass is 10.0. The first-order chi connectivity index (χ1) is 17.5. The van der Waals surface area contributed by atoms with Crippen molar-refractivity contribution >= 4 is 34.1 Å². The van der Waals surface area contributed by atoms with Gasteiger partial charge in [-0.25, -0.2) is 4.98 Å². The van der Waals surface area contributed by atoms with Crippen LogP contribution < -0.4 is 15.0 Å². The summed E-state index contributed by atoms with van der Waals surface area (Å²) in [6.45, 7) is 6.14. The van der Waals surface area contributed by atoms with Gasteiger partial charge in [0.25, 0.3) is 5.91 Å². The van der Waals surface area contributed by atoms with Crippen molar-refractivity contribution in [2.24, 2.45) is 0 Å². The Morgan fingerprint density at radius 3 is 2.81 bits per heavy atom. The number of benzene rings is 2. The Labute approximate surface area is 209 Å². The lowest BCUT2D eigenvalue weighted by molar-refractivity contribution is -0.134. The first-order valence-corrected chi connectivity index (χ1v) is 12.1. The molecule has 36 heavy (non-hydrogen) atoms. The van der Waals surface area contributed by atoms with Crippen LogP contribution in [0.2, 0.25) is 0 Å². The third-order valence-corrected chi connectivity index (χ3v) is 6.95. The number of hydrogen-bond acceptors (Lipinski definition) is 5. The summed E-state index contributed by atoms with van der Waals surface area (Å²) in [6, 6.07) is 17.1. The van der Waals surface area contributed by atoms with Gasteiger partial charge in [0, 0.05) is 60.9 Å². The van der Waals surface area contributed by atoms with E-state index in [1.54, 1.807) is 18.3 Å². The monoisotopic (exact) mass is 481 g/mol. The van der Waals surface area contributed by atoms with Crippen molar-refractivity contribution < 1.29 is 14.3 Å². The number of para-hydroxylation sites is 1. The molecule has 4 aromatic rings. The molecule has 8 nitrogen and oxygen atoms in total. The molecule has 5 heterocycles. The van der Waals surface area contributed by atoms with Gasteiger partial charge < -0.3 is 24.4 Å². The Bertz CT molecular complexity index is 1490. The molecule has 7 rings (SSSR count). The zero-order valence-corrected chi connectivity index (χ0v) is 20.3. The highest BCUT2D eigenvalue weighted by molar-refractivity contribution is 6.08. The number of carbonyl (C=O) groups is 2. The number of anilines is 2. The minimum Gasteiger partial charge on any atom is -0.437 e. The summed E-state index contributed by atoms with van der Waals surface area (Å²) >= 11 is 0. The van der Waals surface area contributed by atoms with E-state index in [0.29, 0.717) is 42.5 Å². The number of nitrogens with zero attached hydrogens (tertiary/aromatic N) is 4. The molecule has 1 atom stereocenters. The number of aryl methyl sites for hydroxylation is 1. The molecule has 2 aromatic heterocycles. The van der Waals surface area contributed by atoms with Crippen LogP contribution in [0.5, 0.6) is 11.6 Å². The molecule has 1 N–H and O–H groups in total. The molecule has 3 aliphatic heterocycles. The number of piperazine rings is 1. The van der Waals surface area contributed by atoms with E-state index in [4.69, 9.17) is 4.74 Å². The lowest BCUT2D eigenvalue weighted by Gasteiger charge is -2.41. The number of rotatable bonds is 0.